The van der Waals surface area contributed by atoms with Crippen LogP contribution in [0.3, 0.4) is 0 Å². The lowest BCUT2D eigenvalue weighted by Crippen LogP contribution is -2.33. The van der Waals surface area contributed by atoms with Crippen molar-refractivity contribution in [1.29, 1.82) is 0 Å². The smallest absolute Gasteiger partial charge is 0.272 e. The summed E-state index contributed by atoms with van der Waals surface area (Å²) in [4.78, 5) is 30.4. The highest BCUT2D eigenvalue weighted by Gasteiger charge is 2.24. The molecule has 0 saturated carbocycles. The number of hydrogen-bond donors (Lipinski definition) is 1. The number of aromatic nitrogens is 4. The van der Waals surface area contributed by atoms with Gasteiger partial charge in [0.2, 0.25) is 0 Å². The van der Waals surface area contributed by atoms with Crippen LogP contribution < -0.4 is 10.9 Å². The van der Waals surface area contributed by atoms with E-state index in [1.54, 1.807) is 0 Å². The minimum atomic E-state index is -0.556. The zero-order valence-corrected chi connectivity index (χ0v) is 18.2. The van der Waals surface area contributed by atoms with Crippen LogP contribution in [0.1, 0.15) is 27.9 Å². The first-order valence-corrected chi connectivity index (χ1v) is 10.6. The SMILES string of the molecule is Cn1c(C(NC(=O)c2ccc(=O)n(-c3ccc(F)cc3)n2)c2ccccc2)nc2ccccc21. The molecule has 0 saturated heterocycles. The molecule has 1 unspecified atom stereocenters. The number of carbonyl (C=O) groups is 1. The van der Waals surface area contributed by atoms with E-state index < -0.39 is 23.3 Å². The van der Waals surface area contributed by atoms with E-state index in [0.29, 0.717) is 11.5 Å². The van der Waals surface area contributed by atoms with Crippen molar-refractivity contribution >= 4 is 16.9 Å². The van der Waals surface area contributed by atoms with Gasteiger partial charge < -0.3 is 9.88 Å². The molecule has 3 aromatic carbocycles. The number of halogens is 1. The topological polar surface area (TPSA) is 81.8 Å². The summed E-state index contributed by atoms with van der Waals surface area (Å²) in [5, 5.41) is 7.23. The summed E-state index contributed by atoms with van der Waals surface area (Å²) >= 11 is 0. The number of nitrogens with one attached hydrogen (secondary N) is 1. The Morgan fingerprint density at radius 1 is 0.912 bits per heavy atom. The average molecular weight is 453 g/mol. The average Bonchev–Trinajstić information content (AvgIpc) is 3.20. The predicted molar refractivity (Wildman–Crippen MR) is 126 cm³/mol. The molecule has 5 aromatic rings. The third kappa shape index (κ3) is 3.97. The van der Waals surface area contributed by atoms with Gasteiger partial charge in [-0.2, -0.15) is 9.78 Å². The quantitative estimate of drug-likeness (QED) is 0.439. The maximum atomic E-state index is 13.3. The number of benzene rings is 3. The fourth-order valence-corrected chi connectivity index (χ4v) is 3.87. The van der Waals surface area contributed by atoms with E-state index in [4.69, 9.17) is 4.98 Å². The second-order valence-corrected chi connectivity index (χ2v) is 7.78. The molecule has 2 heterocycles. The van der Waals surface area contributed by atoms with Crippen LogP contribution in [-0.2, 0) is 7.05 Å². The number of carbonyl (C=O) groups excluding carboxylic acids is 1. The number of hydrogen-bond acceptors (Lipinski definition) is 4. The van der Waals surface area contributed by atoms with Gasteiger partial charge in [-0.05, 0) is 48.0 Å². The monoisotopic (exact) mass is 453 g/mol. The second-order valence-electron chi connectivity index (χ2n) is 7.78. The second kappa shape index (κ2) is 8.74. The van der Waals surface area contributed by atoms with Crippen molar-refractivity contribution in [2.24, 2.45) is 7.05 Å². The van der Waals surface area contributed by atoms with Gasteiger partial charge in [0.15, 0.2) is 0 Å². The molecule has 168 valence electrons. The molecule has 1 atom stereocenters. The number of fused-ring (bicyclic) bond motifs is 1. The third-order valence-electron chi connectivity index (χ3n) is 5.59. The highest BCUT2D eigenvalue weighted by molar-refractivity contribution is 5.92. The summed E-state index contributed by atoms with van der Waals surface area (Å²) < 4.78 is 16.3. The van der Waals surface area contributed by atoms with Crippen LogP contribution in [0.2, 0.25) is 0 Å². The van der Waals surface area contributed by atoms with Gasteiger partial charge in [-0.3, -0.25) is 9.59 Å². The number of rotatable bonds is 5. The fourth-order valence-electron chi connectivity index (χ4n) is 3.87. The lowest BCUT2D eigenvalue weighted by atomic mass is 10.1. The fraction of sp³-hybridized carbons (Fsp3) is 0.0769. The summed E-state index contributed by atoms with van der Waals surface area (Å²) in [6.07, 6.45) is 0. The van der Waals surface area contributed by atoms with Crippen molar-refractivity contribution in [3.05, 3.63) is 124 Å². The summed E-state index contributed by atoms with van der Waals surface area (Å²) in [6, 6.07) is 24.6. The van der Waals surface area contributed by atoms with Crippen molar-refractivity contribution in [1.82, 2.24) is 24.6 Å². The van der Waals surface area contributed by atoms with E-state index in [9.17, 15) is 14.0 Å². The molecule has 5 rings (SSSR count). The molecule has 0 fully saturated rings. The predicted octanol–water partition coefficient (Wildman–Crippen LogP) is 3.78. The van der Waals surface area contributed by atoms with Crippen LogP contribution in [0.4, 0.5) is 4.39 Å². The first-order chi connectivity index (χ1) is 16.5. The Bertz CT molecular complexity index is 1540. The normalized spacial score (nSPS) is 11.9. The summed E-state index contributed by atoms with van der Waals surface area (Å²) in [6.45, 7) is 0. The summed E-state index contributed by atoms with van der Waals surface area (Å²) in [5.41, 5.74) is 2.58. The minimum absolute atomic E-state index is 0.0450. The van der Waals surface area contributed by atoms with Crippen LogP contribution in [0.5, 0.6) is 0 Å². The molecule has 0 bridgehead atoms. The Morgan fingerprint density at radius 3 is 2.35 bits per heavy atom. The van der Waals surface area contributed by atoms with Crippen molar-refractivity contribution in [2.75, 3.05) is 0 Å². The highest BCUT2D eigenvalue weighted by atomic mass is 19.1. The Morgan fingerprint density at radius 2 is 1.62 bits per heavy atom. The van der Waals surface area contributed by atoms with Gasteiger partial charge >= 0.3 is 0 Å². The number of aryl methyl sites for hydroxylation is 1. The maximum absolute atomic E-state index is 13.3. The molecule has 7 nitrogen and oxygen atoms in total. The molecule has 0 aliphatic heterocycles. The number of imidazole rings is 1. The molecule has 34 heavy (non-hydrogen) atoms. The van der Waals surface area contributed by atoms with Gasteiger partial charge in [-0.25, -0.2) is 9.37 Å². The first kappa shape index (κ1) is 21.3. The Kier molecular flexibility index (Phi) is 5.47. The van der Waals surface area contributed by atoms with Gasteiger partial charge in [0.25, 0.3) is 11.5 Å². The minimum Gasteiger partial charge on any atom is -0.337 e. The molecule has 1 amide bonds. The molecule has 8 heteroatoms. The zero-order valence-electron chi connectivity index (χ0n) is 18.2. The molecule has 0 aliphatic rings. The van der Waals surface area contributed by atoms with Gasteiger partial charge in [0, 0.05) is 13.1 Å². The van der Waals surface area contributed by atoms with E-state index >= 15 is 0 Å². The standard InChI is InChI=1S/C26H20FN5O2/c1-31-22-10-6-5-9-20(22)28-25(31)24(17-7-3-2-4-8-17)29-26(34)21-15-16-23(33)32(30-21)19-13-11-18(27)12-14-19/h2-16,24H,1H3,(H,29,34). The summed E-state index contributed by atoms with van der Waals surface area (Å²) in [7, 11) is 1.90. The summed E-state index contributed by atoms with van der Waals surface area (Å²) in [5.74, 6) is -0.247. The van der Waals surface area contributed by atoms with Gasteiger partial charge in [0.05, 0.1) is 16.7 Å². The van der Waals surface area contributed by atoms with E-state index in [0.717, 1.165) is 21.3 Å². The largest absolute Gasteiger partial charge is 0.337 e. The zero-order chi connectivity index (χ0) is 23.7. The molecule has 1 N–H and O–H groups in total. The van der Waals surface area contributed by atoms with Crippen molar-refractivity contribution in [3.8, 4) is 5.69 Å². The van der Waals surface area contributed by atoms with Gasteiger partial charge in [-0.1, -0.05) is 42.5 Å². The molecular formula is C26H20FN5O2. The van der Waals surface area contributed by atoms with Crippen molar-refractivity contribution in [3.63, 3.8) is 0 Å². The van der Waals surface area contributed by atoms with E-state index in [1.165, 1.54) is 36.4 Å². The van der Waals surface area contributed by atoms with Crippen molar-refractivity contribution in [2.45, 2.75) is 6.04 Å². The molecule has 0 aliphatic carbocycles. The van der Waals surface area contributed by atoms with Gasteiger partial charge in [0.1, 0.15) is 23.4 Å². The maximum Gasteiger partial charge on any atom is 0.272 e. The van der Waals surface area contributed by atoms with Crippen LogP contribution in [0.15, 0.2) is 95.8 Å². The number of para-hydroxylation sites is 2. The molecular weight excluding hydrogens is 433 g/mol. The number of amides is 1. The van der Waals surface area contributed by atoms with Crippen molar-refractivity contribution < 1.29 is 9.18 Å². The van der Waals surface area contributed by atoms with E-state index in [1.807, 2.05) is 66.2 Å². The first-order valence-electron chi connectivity index (χ1n) is 10.6. The lowest BCUT2D eigenvalue weighted by Gasteiger charge is -2.19. The Hall–Kier alpha value is -4.59. The molecule has 2 aromatic heterocycles. The number of nitrogens with zero attached hydrogens (tertiary/aromatic N) is 4. The Balaban J connectivity index is 1.54. The molecule has 0 radical (unpaired) electrons. The van der Waals surface area contributed by atoms with Gasteiger partial charge in [-0.15, -0.1) is 0 Å². The highest BCUT2D eigenvalue weighted by Crippen LogP contribution is 2.25. The Labute approximate surface area is 194 Å². The lowest BCUT2D eigenvalue weighted by molar-refractivity contribution is 0.0934. The van der Waals surface area contributed by atoms with Crippen LogP contribution in [0, 0.1) is 5.82 Å². The van der Waals surface area contributed by atoms with Crippen LogP contribution in [0.25, 0.3) is 16.7 Å². The van der Waals surface area contributed by atoms with E-state index in [-0.39, 0.29) is 5.69 Å². The van der Waals surface area contributed by atoms with Crippen LogP contribution >= 0.6 is 0 Å². The van der Waals surface area contributed by atoms with E-state index in [2.05, 4.69) is 10.4 Å². The molecule has 0 spiro atoms. The van der Waals surface area contributed by atoms with Crippen LogP contribution in [-0.4, -0.2) is 25.2 Å². The third-order valence-corrected chi connectivity index (χ3v) is 5.59.